The van der Waals surface area contributed by atoms with E-state index >= 15 is 4.39 Å². The molecule has 0 aliphatic heterocycles. The lowest BCUT2D eigenvalue weighted by atomic mass is 9.46. The summed E-state index contributed by atoms with van der Waals surface area (Å²) < 4.78 is 21.8. The first-order chi connectivity index (χ1) is 12.2. The largest absolute Gasteiger partial charge is 0.465 e. The van der Waals surface area contributed by atoms with Crippen LogP contribution in [-0.2, 0) is 19.1 Å². The molecule has 4 aliphatic carbocycles. The minimum Gasteiger partial charge on any atom is -0.465 e. The first-order valence-electron chi connectivity index (χ1n) is 9.53. The molecule has 0 spiro atoms. The second kappa shape index (κ2) is 5.61. The average molecular weight is 360 g/mol. The van der Waals surface area contributed by atoms with Gasteiger partial charge >= 0.3 is 5.97 Å². The normalized spacial score (nSPS) is 44.0. The van der Waals surface area contributed by atoms with Crippen LogP contribution in [0, 0.1) is 22.7 Å². The van der Waals surface area contributed by atoms with E-state index in [-0.39, 0.29) is 36.4 Å². The number of hydrogen-bond acceptors (Lipinski definition) is 4. The van der Waals surface area contributed by atoms with Crippen molar-refractivity contribution in [2.45, 2.75) is 58.0 Å². The molecule has 0 amide bonds. The van der Waals surface area contributed by atoms with Crippen LogP contribution < -0.4 is 0 Å². The van der Waals surface area contributed by atoms with Crippen LogP contribution in [0.3, 0.4) is 0 Å². The summed E-state index contributed by atoms with van der Waals surface area (Å²) in [7, 11) is 0. The van der Waals surface area contributed by atoms with Crippen LogP contribution in [0.4, 0.5) is 4.39 Å². The zero-order valence-electron chi connectivity index (χ0n) is 15.3. The van der Waals surface area contributed by atoms with E-state index in [1.54, 1.807) is 12.2 Å². The van der Waals surface area contributed by atoms with Crippen LogP contribution in [0.25, 0.3) is 0 Å². The molecule has 0 unspecified atom stereocenters. The van der Waals surface area contributed by atoms with Crippen molar-refractivity contribution in [1.29, 1.82) is 0 Å². The van der Waals surface area contributed by atoms with Crippen LogP contribution in [0.2, 0.25) is 0 Å². The predicted molar refractivity (Wildman–Crippen MR) is 92.9 cm³/mol. The minimum absolute atomic E-state index is 0.0735. The SMILES string of the molecule is CC(=O)OC[C@]12CC[C@@]3(F)[C@@H](CCC4=CC(=O)C=C[C@@]43C)[C@@H]1CCC2=O. The summed E-state index contributed by atoms with van der Waals surface area (Å²) in [5.74, 6) is -0.706. The Morgan fingerprint density at radius 2 is 1.96 bits per heavy atom. The van der Waals surface area contributed by atoms with Gasteiger partial charge in [-0.05, 0) is 63.0 Å². The van der Waals surface area contributed by atoms with Crippen LogP contribution >= 0.6 is 0 Å². The number of ketones is 2. The number of ether oxygens (including phenoxy) is 1. The van der Waals surface area contributed by atoms with Gasteiger partial charge in [0.2, 0.25) is 0 Å². The summed E-state index contributed by atoms with van der Waals surface area (Å²) in [6.07, 6.45) is 7.89. The van der Waals surface area contributed by atoms with Crippen LogP contribution in [-0.4, -0.2) is 29.8 Å². The van der Waals surface area contributed by atoms with E-state index < -0.39 is 22.5 Å². The standard InChI is InChI=1S/C21H25FO4/c1-13(23)26-12-20-9-10-21(22)17(16(20)5-6-18(20)25)4-3-14-11-15(24)7-8-19(14,21)2/h7-8,11,16-17H,3-6,9-10,12H2,1-2H3/t16-,17-,19-,20+,21+/m0/s1. The molecule has 140 valence electrons. The van der Waals surface area contributed by atoms with Gasteiger partial charge in [0.25, 0.3) is 0 Å². The van der Waals surface area contributed by atoms with Crippen molar-refractivity contribution < 1.29 is 23.5 Å². The van der Waals surface area contributed by atoms with Gasteiger partial charge in [0.05, 0.1) is 5.41 Å². The van der Waals surface area contributed by atoms with E-state index in [2.05, 4.69) is 0 Å². The number of alkyl halides is 1. The third-order valence-electron chi connectivity index (χ3n) is 7.64. The van der Waals surface area contributed by atoms with Gasteiger partial charge in [0, 0.05) is 18.8 Å². The topological polar surface area (TPSA) is 60.4 Å². The van der Waals surface area contributed by atoms with Crippen molar-refractivity contribution >= 4 is 17.5 Å². The lowest BCUT2D eigenvalue weighted by Gasteiger charge is -2.59. The Labute approximate surface area is 152 Å². The van der Waals surface area contributed by atoms with E-state index in [1.165, 1.54) is 13.0 Å². The number of hydrogen-bond donors (Lipinski definition) is 0. The number of esters is 1. The maximum atomic E-state index is 16.6. The molecule has 5 heteroatoms. The highest BCUT2D eigenvalue weighted by molar-refractivity contribution is 6.01. The van der Waals surface area contributed by atoms with E-state index in [1.807, 2.05) is 6.92 Å². The molecule has 0 bridgehead atoms. The van der Waals surface area contributed by atoms with Gasteiger partial charge in [0.1, 0.15) is 18.1 Å². The quantitative estimate of drug-likeness (QED) is 0.707. The molecule has 4 rings (SSSR count). The Balaban J connectivity index is 1.72. The molecule has 4 aliphatic rings. The molecule has 0 radical (unpaired) electrons. The number of fused-ring (bicyclic) bond motifs is 5. The fourth-order valence-electron chi connectivity index (χ4n) is 6.18. The first-order valence-corrected chi connectivity index (χ1v) is 9.53. The molecule has 5 atom stereocenters. The van der Waals surface area contributed by atoms with Crippen LogP contribution in [0.5, 0.6) is 0 Å². The molecule has 0 aromatic carbocycles. The summed E-state index contributed by atoms with van der Waals surface area (Å²) in [5, 5.41) is 0. The molecule has 0 aromatic heterocycles. The summed E-state index contributed by atoms with van der Waals surface area (Å²) in [6.45, 7) is 3.31. The number of allylic oxidation sites excluding steroid dienone is 4. The molecule has 0 aromatic rings. The minimum atomic E-state index is -1.47. The Bertz CT molecular complexity index is 753. The van der Waals surface area contributed by atoms with Gasteiger partial charge in [-0.25, -0.2) is 4.39 Å². The van der Waals surface area contributed by atoms with E-state index in [0.717, 1.165) is 5.57 Å². The number of rotatable bonds is 2. The van der Waals surface area contributed by atoms with Gasteiger partial charge < -0.3 is 4.74 Å². The molecule has 4 nitrogen and oxygen atoms in total. The van der Waals surface area contributed by atoms with E-state index in [9.17, 15) is 14.4 Å². The Hall–Kier alpha value is -1.78. The van der Waals surface area contributed by atoms with Gasteiger partial charge in [-0.1, -0.05) is 11.6 Å². The lowest BCUT2D eigenvalue weighted by Crippen LogP contribution is -2.61. The summed E-state index contributed by atoms with van der Waals surface area (Å²) >= 11 is 0. The number of carbonyl (C=O) groups is 3. The van der Waals surface area contributed by atoms with Crippen LogP contribution in [0.1, 0.15) is 52.4 Å². The maximum absolute atomic E-state index is 16.6. The zero-order valence-corrected chi connectivity index (χ0v) is 15.3. The zero-order chi connectivity index (χ0) is 18.7. The highest BCUT2D eigenvalue weighted by Gasteiger charge is 2.68. The van der Waals surface area contributed by atoms with Gasteiger partial charge in [0.15, 0.2) is 5.78 Å². The van der Waals surface area contributed by atoms with Crippen molar-refractivity contribution in [3.63, 3.8) is 0 Å². The van der Waals surface area contributed by atoms with Crippen molar-refractivity contribution in [1.82, 2.24) is 0 Å². The van der Waals surface area contributed by atoms with E-state index in [4.69, 9.17) is 4.74 Å². The molecule has 3 saturated carbocycles. The van der Waals surface area contributed by atoms with E-state index in [0.29, 0.717) is 32.1 Å². The summed E-state index contributed by atoms with van der Waals surface area (Å²) in [6, 6.07) is 0. The highest BCUT2D eigenvalue weighted by atomic mass is 19.1. The Kier molecular flexibility index (Phi) is 3.80. The van der Waals surface area contributed by atoms with Gasteiger partial charge in [-0.3, -0.25) is 14.4 Å². The fraction of sp³-hybridized carbons (Fsp3) is 0.667. The molecule has 0 heterocycles. The molecule has 26 heavy (non-hydrogen) atoms. The Morgan fingerprint density at radius 1 is 1.23 bits per heavy atom. The Morgan fingerprint density at radius 3 is 2.69 bits per heavy atom. The van der Waals surface area contributed by atoms with Gasteiger partial charge in [-0.15, -0.1) is 0 Å². The van der Waals surface area contributed by atoms with Crippen LogP contribution in [0.15, 0.2) is 23.8 Å². The molecule has 3 fully saturated rings. The lowest BCUT2D eigenvalue weighted by molar-refractivity contribution is -0.164. The summed E-state index contributed by atoms with van der Waals surface area (Å²) in [5.41, 5.74) is -2.11. The van der Waals surface area contributed by atoms with Gasteiger partial charge in [-0.2, -0.15) is 0 Å². The molecule has 0 N–H and O–H groups in total. The van der Waals surface area contributed by atoms with Crippen molar-refractivity contribution in [3.8, 4) is 0 Å². The fourth-order valence-corrected chi connectivity index (χ4v) is 6.18. The summed E-state index contributed by atoms with van der Waals surface area (Å²) in [4.78, 5) is 35.9. The predicted octanol–water partition coefficient (Wildman–Crippen LogP) is 3.50. The maximum Gasteiger partial charge on any atom is 0.302 e. The molecular formula is C21H25FO4. The van der Waals surface area contributed by atoms with Crippen molar-refractivity contribution in [2.24, 2.45) is 22.7 Å². The monoisotopic (exact) mass is 360 g/mol. The second-order valence-corrected chi connectivity index (χ2v) is 8.62. The second-order valence-electron chi connectivity index (χ2n) is 8.62. The number of Topliss-reactive ketones (excluding diaryl/α,β-unsaturated/α-hetero) is 1. The average Bonchev–Trinajstić information content (AvgIpc) is 2.92. The smallest absolute Gasteiger partial charge is 0.302 e. The third kappa shape index (κ3) is 2.15. The number of carbonyl (C=O) groups excluding carboxylic acids is 3. The highest BCUT2D eigenvalue weighted by Crippen LogP contribution is 2.67. The first kappa shape index (κ1) is 17.6. The third-order valence-corrected chi connectivity index (χ3v) is 7.64. The van der Waals surface area contributed by atoms with Crippen molar-refractivity contribution in [3.05, 3.63) is 23.8 Å². The molecular weight excluding hydrogens is 335 g/mol. The van der Waals surface area contributed by atoms with Crippen molar-refractivity contribution in [2.75, 3.05) is 6.61 Å². The molecule has 0 saturated heterocycles. The number of halogens is 1.